The fourth-order valence-electron chi connectivity index (χ4n) is 2.06. The van der Waals surface area contributed by atoms with Crippen LogP contribution in [0.5, 0.6) is 0 Å². The largest absolute Gasteiger partial charge is 0.378 e. The molecule has 1 aliphatic heterocycles. The zero-order valence-corrected chi connectivity index (χ0v) is 5.81. The second-order valence-corrected chi connectivity index (χ2v) is 3.31. The first-order valence-corrected chi connectivity index (χ1v) is 4.07. The van der Waals surface area contributed by atoms with E-state index in [1.54, 1.807) is 0 Å². The molecular weight excluding hydrogens is 112 g/mol. The van der Waals surface area contributed by atoms with Crippen LogP contribution < -0.4 is 0 Å². The Morgan fingerprint density at radius 3 is 3.11 bits per heavy atom. The van der Waals surface area contributed by atoms with E-state index in [1.807, 2.05) is 0 Å². The average molecular weight is 126 g/mol. The van der Waals surface area contributed by atoms with E-state index in [9.17, 15) is 0 Å². The minimum atomic E-state index is 0.650. The van der Waals surface area contributed by atoms with Crippen molar-refractivity contribution in [2.24, 2.45) is 5.92 Å². The van der Waals surface area contributed by atoms with E-state index in [4.69, 9.17) is 4.74 Å². The van der Waals surface area contributed by atoms with Crippen LogP contribution in [0.25, 0.3) is 0 Å². The molecule has 0 radical (unpaired) electrons. The zero-order chi connectivity index (χ0) is 6.10. The maximum atomic E-state index is 5.59. The second-order valence-electron chi connectivity index (χ2n) is 3.31. The molecule has 1 saturated carbocycles. The highest BCUT2D eigenvalue weighted by Gasteiger charge is 2.26. The van der Waals surface area contributed by atoms with Gasteiger partial charge in [0.1, 0.15) is 0 Å². The summed E-state index contributed by atoms with van der Waals surface area (Å²) in [5, 5.41) is 0. The van der Waals surface area contributed by atoms with Crippen LogP contribution in [-0.2, 0) is 4.74 Å². The first kappa shape index (κ1) is 5.72. The van der Waals surface area contributed by atoms with Crippen LogP contribution in [0.3, 0.4) is 0 Å². The van der Waals surface area contributed by atoms with Crippen molar-refractivity contribution in [1.29, 1.82) is 0 Å². The molecule has 2 atom stereocenters. The fraction of sp³-hybridized carbons (Fsp3) is 1.00. The Balaban J connectivity index is 1.99. The summed E-state index contributed by atoms with van der Waals surface area (Å²) in [5.41, 5.74) is 0. The SMILES string of the molecule is C1COC2CCC(C1)C2. The number of ether oxygens (including phenoxy) is 1. The van der Waals surface area contributed by atoms with Gasteiger partial charge in [0.25, 0.3) is 0 Å². The molecule has 1 heteroatoms. The van der Waals surface area contributed by atoms with E-state index in [1.165, 1.54) is 32.1 Å². The Kier molecular flexibility index (Phi) is 1.46. The van der Waals surface area contributed by atoms with Crippen LogP contribution in [0.15, 0.2) is 0 Å². The molecule has 0 aromatic heterocycles. The van der Waals surface area contributed by atoms with Gasteiger partial charge in [-0.05, 0) is 38.0 Å². The summed E-state index contributed by atoms with van der Waals surface area (Å²) in [6, 6.07) is 0. The van der Waals surface area contributed by atoms with Gasteiger partial charge in [0.15, 0.2) is 0 Å². The Morgan fingerprint density at radius 2 is 2.11 bits per heavy atom. The molecule has 0 aromatic carbocycles. The molecule has 0 spiro atoms. The molecule has 2 rings (SSSR count). The van der Waals surface area contributed by atoms with E-state index in [0.717, 1.165) is 12.5 Å². The number of hydrogen-bond donors (Lipinski definition) is 0. The minimum Gasteiger partial charge on any atom is -0.378 e. The van der Waals surface area contributed by atoms with E-state index < -0.39 is 0 Å². The molecule has 0 aromatic rings. The van der Waals surface area contributed by atoms with Gasteiger partial charge in [0.2, 0.25) is 0 Å². The van der Waals surface area contributed by atoms with Crippen molar-refractivity contribution in [3.63, 3.8) is 0 Å². The summed E-state index contributed by atoms with van der Waals surface area (Å²) < 4.78 is 5.59. The first-order chi connectivity index (χ1) is 4.45. The lowest BCUT2D eigenvalue weighted by Gasteiger charge is -2.07. The van der Waals surface area contributed by atoms with Crippen LogP contribution >= 0.6 is 0 Å². The molecule has 2 aliphatic rings. The molecule has 1 aliphatic carbocycles. The molecule has 2 fully saturated rings. The number of hydrogen-bond acceptors (Lipinski definition) is 1. The van der Waals surface area contributed by atoms with Crippen LogP contribution in [0.4, 0.5) is 0 Å². The third-order valence-electron chi connectivity index (χ3n) is 2.60. The Bertz CT molecular complexity index is 88.7. The minimum absolute atomic E-state index is 0.650. The quantitative estimate of drug-likeness (QED) is 0.482. The summed E-state index contributed by atoms with van der Waals surface area (Å²) in [7, 11) is 0. The van der Waals surface area contributed by atoms with Crippen molar-refractivity contribution in [2.45, 2.75) is 38.2 Å². The van der Waals surface area contributed by atoms with E-state index in [0.29, 0.717) is 6.10 Å². The second kappa shape index (κ2) is 2.30. The maximum absolute atomic E-state index is 5.59. The Labute approximate surface area is 56.4 Å². The van der Waals surface area contributed by atoms with Gasteiger partial charge in [0, 0.05) is 6.61 Å². The first-order valence-electron chi connectivity index (χ1n) is 4.07. The van der Waals surface area contributed by atoms with Gasteiger partial charge >= 0.3 is 0 Å². The number of rotatable bonds is 0. The van der Waals surface area contributed by atoms with Gasteiger partial charge in [-0.3, -0.25) is 0 Å². The lowest BCUT2D eigenvalue weighted by molar-refractivity contribution is 0.0637. The summed E-state index contributed by atoms with van der Waals surface area (Å²) in [5.74, 6) is 1.03. The molecule has 1 saturated heterocycles. The lowest BCUT2D eigenvalue weighted by Crippen LogP contribution is -2.06. The van der Waals surface area contributed by atoms with Crippen LogP contribution in [0.1, 0.15) is 32.1 Å². The van der Waals surface area contributed by atoms with E-state index >= 15 is 0 Å². The monoisotopic (exact) mass is 126 g/mol. The van der Waals surface area contributed by atoms with Crippen LogP contribution in [-0.4, -0.2) is 12.7 Å². The molecular formula is C8H14O. The van der Waals surface area contributed by atoms with Crippen molar-refractivity contribution < 1.29 is 4.74 Å². The van der Waals surface area contributed by atoms with Gasteiger partial charge < -0.3 is 4.74 Å². The van der Waals surface area contributed by atoms with Crippen molar-refractivity contribution in [3.05, 3.63) is 0 Å². The van der Waals surface area contributed by atoms with Crippen molar-refractivity contribution >= 4 is 0 Å². The Morgan fingerprint density at radius 1 is 1.11 bits per heavy atom. The molecule has 0 amide bonds. The molecule has 0 N–H and O–H groups in total. The third-order valence-corrected chi connectivity index (χ3v) is 2.60. The topological polar surface area (TPSA) is 9.23 Å². The number of fused-ring (bicyclic) bond motifs is 2. The predicted octanol–water partition coefficient (Wildman–Crippen LogP) is 1.97. The highest BCUT2D eigenvalue weighted by Crippen LogP contribution is 2.33. The van der Waals surface area contributed by atoms with Gasteiger partial charge in [-0.15, -0.1) is 0 Å². The van der Waals surface area contributed by atoms with Gasteiger partial charge in [-0.1, -0.05) is 0 Å². The fourth-order valence-corrected chi connectivity index (χ4v) is 2.06. The average Bonchev–Trinajstić information content (AvgIpc) is 2.09. The Hall–Kier alpha value is -0.0400. The van der Waals surface area contributed by atoms with Crippen molar-refractivity contribution in [1.82, 2.24) is 0 Å². The smallest absolute Gasteiger partial charge is 0.0577 e. The van der Waals surface area contributed by atoms with Crippen LogP contribution in [0.2, 0.25) is 0 Å². The molecule has 52 valence electrons. The predicted molar refractivity (Wildman–Crippen MR) is 36.3 cm³/mol. The maximum Gasteiger partial charge on any atom is 0.0577 e. The van der Waals surface area contributed by atoms with Crippen molar-refractivity contribution in [3.8, 4) is 0 Å². The highest BCUT2D eigenvalue weighted by atomic mass is 16.5. The van der Waals surface area contributed by atoms with E-state index in [-0.39, 0.29) is 0 Å². The summed E-state index contributed by atoms with van der Waals surface area (Å²) in [6.45, 7) is 1.03. The highest BCUT2D eigenvalue weighted by molar-refractivity contribution is 4.78. The summed E-state index contributed by atoms with van der Waals surface area (Å²) >= 11 is 0. The van der Waals surface area contributed by atoms with Gasteiger partial charge in [-0.25, -0.2) is 0 Å². The summed E-state index contributed by atoms with van der Waals surface area (Å²) in [4.78, 5) is 0. The molecule has 1 nitrogen and oxygen atoms in total. The standard InChI is InChI=1S/C8H14O/c1-2-7-3-4-8(6-7)9-5-1/h7-8H,1-6H2. The van der Waals surface area contributed by atoms with Crippen molar-refractivity contribution in [2.75, 3.05) is 6.61 Å². The summed E-state index contributed by atoms with van der Waals surface area (Å²) in [6.07, 6.45) is 7.52. The van der Waals surface area contributed by atoms with Gasteiger partial charge in [-0.2, -0.15) is 0 Å². The van der Waals surface area contributed by atoms with Crippen LogP contribution in [0, 0.1) is 5.92 Å². The molecule has 9 heavy (non-hydrogen) atoms. The lowest BCUT2D eigenvalue weighted by atomic mass is 10.0. The van der Waals surface area contributed by atoms with Gasteiger partial charge in [0.05, 0.1) is 6.10 Å². The normalized spacial score (nSPS) is 42.7. The van der Waals surface area contributed by atoms with E-state index in [2.05, 4.69) is 0 Å². The molecule has 2 bridgehead atoms. The molecule has 1 heterocycles. The molecule has 2 unspecified atom stereocenters. The zero-order valence-electron chi connectivity index (χ0n) is 5.81. The third kappa shape index (κ3) is 1.11.